The predicted octanol–water partition coefficient (Wildman–Crippen LogP) is -0.105. The van der Waals surface area contributed by atoms with Crippen molar-refractivity contribution >= 4 is 18.0 Å². The number of rotatable bonds is 4. The third kappa shape index (κ3) is 3.35. The van der Waals surface area contributed by atoms with Crippen LogP contribution in [0.2, 0.25) is 0 Å². The monoisotopic (exact) mass is 258 g/mol. The molecule has 0 spiro atoms. The van der Waals surface area contributed by atoms with Gasteiger partial charge in [-0.2, -0.15) is 0 Å². The lowest BCUT2D eigenvalue weighted by atomic mass is 10.3. The van der Waals surface area contributed by atoms with Crippen LogP contribution in [-0.4, -0.2) is 55.2 Å². The van der Waals surface area contributed by atoms with Crippen LogP contribution in [0.25, 0.3) is 0 Å². The molecule has 7 nitrogen and oxygen atoms in total. The van der Waals surface area contributed by atoms with Crippen LogP contribution in [0.15, 0.2) is 0 Å². The van der Waals surface area contributed by atoms with E-state index in [9.17, 15) is 14.4 Å². The minimum absolute atomic E-state index is 0.142. The van der Waals surface area contributed by atoms with Gasteiger partial charge >= 0.3 is 12.1 Å². The zero-order chi connectivity index (χ0) is 13.7. The van der Waals surface area contributed by atoms with Crippen LogP contribution in [-0.2, 0) is 19.1 Å². The molecule has 1 aliphatic heterocycles. The molecule has 1 heterocycles. The van der Waals surface area contributed by atoms with Crippen molar-refractivity contribution in [2.75, 3.05) is 20.2 Å². The zero-order valence-electron chi connectivity index (χ0n) is 10.8. The second kappa shape index (κ2) is 6.23. The van der Waals surface area contributed by atoms with E-state index in [2.05, 4.69) is 10.1 Å². The predicted molar refractivity (Wildman–Crippen MR) is 61.8 cm³/mol. The average molecular weight is 258 g/mol. The van der Waals surface area contributed by atoms with Gasteiger partial charge in [0.25, 0.3) is 0 Å². The van der Waals surface area contributed by atoms with Gasteiger partial charge in [0, 0.05) is 6.54 Å². The number of nitrogens with one attached hydrogen (secondary N) is 1. The molecule has 1 rings (SSSR count). The Morgan fingerprint density at radius 3 is 2.67 bits per heavy atom. The Kier molecular flexibility index (Phi) is 4.94. The van der Waals surface area contributed by atoms with E-state index in [-0.39, 0.29) is 12.3 Å². The molecule has 2 atom stereocenters. The van der Waals surface area contributed by atoms with Gasteiger partial charge in [-0.25, -0.2) is 9.59 Å². The van der Waals surface area contributed by atoms with Crippen LogP contribution in [0.1, 0.15) is 20.3 Å². The van der Waals surface area contributed by atoms with Crippen LogP contribution in [0.3, 0.4) is 0 Å². The molecular formula is C11H18N2O5. The first-order valence-corrected chi connectivity index (χ1v) is 5.81. The molecule has 0 aromatic rings. The molecule has 1 aliphatic rings. The summed E-state index contributed by atoms with van der Waals surface area (Å²) in [6.07, 6.45) is -0.920. The number of ether oxygens (including phenoxy) is 2. The highest BCUT2D eigenvalue weighted by Gasteiger charge is 2.31. The molecule has 0 unspecified atom stereocenters. The van der Waals surface area contributed by atoms with Gasteiger partial charge in [-0.15, -0.1) is 0 Å². The largest absolute Gasteiger partial charge is 0.467 e. The maximum atomic E-state index is 11.9. The minimum Gasteiger partial charge on any atom is -0.467 e. The molecule has 0 bridgehead atoms. The fourth-order valence-corrected chi connectivity index (χ4v) is 1.73. The Labute approximate surface area is 105 Å². The zero-order valence-corrected chi connectivity index (χ0v) is 10.8. The molecule has 0 radical (unpaired) electrons. The molecule has 2 amide bonds. The van der Waals surface area contributed by atoms with Crippen LogP contribution in [0.4, 0.5) is 4.79 Å². The van der Waals surface area contributed by atoms with Crippen LogP contribution < -0.4 is 5.32 Å². The summed E-state index contributed by atoms with van der Waals surface area (Å²) in [6, 6.07) is -0.711. The first kappa shape index (κ1) is 14.3. The molecule has 1 N–H and O–H groups in total. The number of nitrogens with zero attached hydrogens (tertiary/aromatic N) is 1. The minimum atomic E-state index is -0.711. The summed E-state index contributed by atoms with van der Waals surface area (Å²) in [5.74, 6) is -0.647. The summed E-state index contributed by atoms with van der Waals surface area (Å²) < 4.78 is 9.72. The van der Waals surface area contributed by atoms with Crippen molar-refractivity contribution in [3.05, 3.63) is 0 Å². The molecule has 1 saturated heterocycles. The summed E-state index contributed by atoms with van der Waals surface area (Å²) in [4.78, 5) is 35.5. The van der Waals surface area contributed by atoms with E-state index in [0.717, 1.165) is 0 Å². The maximum Gasteiger partial charge on any atom is 0.410 e. The van der Waals surface area contributed by atoms with Crippen molar-refractivity contribution in [1.82, 2.24) is 10.2 Å². The number of hydrogen-bond acceptors (Lipinski definition) is 5. The highest BCUT2D eigenvalue weighted by atomic mass is 16.6. The lowest BCUT2D eigenvalue weighted by Gasteiger charge is -2.26. The number of hydrogen-bond donors (Lipinski definition) is 1. The van der Waals surface area contributed by atoms with E-state index in [1.54, 1.807) is 13.8 Å². The molecule has 0 aliphatic carbocycles. The molecule has 0 aromatic carbocycles. The second-order valence-corrected chi connectivity index (χ2v) is 4.00. The van der Waals surface area contributed by atoms with Gasteiger partial charge < -0.3 is 14.8 Å². The quantitative estimate of drug-likeness (QED) is 0.711. The molecular weight excluding hydrogens is 240 g/mol. The van der Waals surface area contributed by atoms with Crippen molar-refractivity contribution in [2.45, 2.75) is 32.4 Å². The Bertz CT molecular complexity index is 344. The summed E-state index contributed by atoms with van der Waals surface area (Å²) in [5.41, 5.74) is 0. The second-order valence-electron chi connectivity index (χ2n) is 4.00. The van der Waals surface area contributed by atoms with Crippen molar-refractivity contribution in [2.24, 2.45) is 0 Å². The van der Waals surface area contributed by atoms with Gasteiger partial charge in [0.1, 0.15) is 12.1 Å². The summed E-state index contributed by atoms with van der Waals surface area (Å²) in [5, 5.41) is 2.57. The van der Waals surface area contributed by atoms with Gasteiger partial charge in [-0.1, -0.05) is 0 Å². The molecule has 7 heteroatoms. The molecule has 1 fully saturated rings. The standard InChI is InChI=1S/C11H18N2O5/c1-4-13(7(2)10(15)17-3)11(16)18-8-5-9(14)12-6-8/h7-8H,4-6H2,1-3H3,(H,12,14)/t7-,8-/m0/s1. The topological polar surface area (TPSA) is 84.9 Å². The fourth-order valence-electron chi connectivity index (χ4n) is 1.73. The normalized spacial score (nSPS) is 19.9. The fraction of sp³-hybridized carbons (Fsp3) is 0.727. The third-order valence-corrected chi connectivity index (χ3v) is 2.79. The number of likely N-dealkylation sites (N-methyl/N-ethyl adjacent to an activating group) is 1. The van der Waals surface area contributed by atoms with Gasteiger partial charge in [0.05, 0.1) is 20.1 Å². The summed E-state index contributed by atoms with van der Waals surface area (Å²) in [7, 11) is 1.26. The number of esters is 1. The van der Waals surface area contributed by atoms with Gasteiger partial charge in [-0.3, -0.25) is 9.69 Å². The van der Waals surface area contributed by atoms with E-state index in [1.807, 2.05) is 0 Å². The number of methoxy groups -OCH3 is 1. The SMILES string of the molecule is CCN(C(=O)O[C@@H]1CNC(=O)C1)[C@@H](C)C(=O)OC. The summed E-state index contributed by atoms with van der Waals surface area (Å²) >= 11 is 0. The van der Waals surface area contributed by atoms with Crippen molar-refractivity contribution < 1.29 is 23.9 Å². The highest BCUT2D eigenvalue weighted by Crippen LogP contribution is 2.10. The van der Waals surface area contributed by atoms with Gasteiger partial charge in [-0.05, 0) is 13.8 Å². The molecule has 18 heavy (non-hydrogen) atoms. The molecule has 0 aromatic heterocycles. The Morgan fingerprint density at radius 2 is 2.22 bits per heavy atom. The van der Waals surface area contributed by atoms with Crippen LogP contribution in [0.5, 0.6) is 0 Å². The smallest absolute Gasteiger partial charge is 0.410 e. The van der Waals surface area contributed by atoms with Crippen molar-refractivity contribution in [3.63, 3.8) is 0 Å². The van der Waals surface area contributed by atoms with E-state index in [4.69, 9.17) is 4.74 Å². The van der Waals surface area contributed by atoms with E-state index >= 15 is 0 Å². The number of amides is 2. The van der Waals surface area contributed by atoms with Gasteiger partial charge in [0.15, 0.2) is 0 Å². The van der Waals surface area contributed by atoms with Gasteiger partial charge in [0.2, 0.25) is 5.91 Å². The molecule has 0 saturated carbocycles. The van der Waals surface area contributed by atoms with Crippen molar-refractivity contribution in [1.29, 1.82) is 0 Å². The van der Waals surface area contributed by atoms with Crippen LogP contribution >= 0.6 is 0 Å². The number of carbonyl (C=O) groups excluding carboxylic acids is 3. The number of carbonyl (C=O) groups is 3. The van der Waals surface area contributed by atoms with E-state index in [1.165, 1.54) is 12.0 Å². The third-order valence-electron chi connectivity index (χ3n) is 2.79. The Balaban J connectivity index is 2.56. The van der Waals surface area contributed by atoms with Crippen LogP contribution in [0, 0.1) is 0 Å². The van der Waals surface area contributed by atoms with E-state index < -0.39 is 24.2 Å². The Hall–Kier alpha value is -1.79. The van der Waals surface area contributed by atoms with Crippen molar-refractivity contribution in [3.8, 4) is 0 Å². The lowest BCUT2D eigenvalue weighted by Crippen LogP contribution is -2.45. The lowest BCUT2D eigenvalue weighted by molar-refractivity contribution is -0.145. The first-order chi connectivity index (χ1) is 8.49. The first-order valence-electron chi connectivity index (χ1n) is 5.81. The molecule has 102 valence electrons. The Morgan fingerprint density at radius 1 is 1.56 bits per heavy atom. The maximum absolute atomic E-state index is 11.9. The summed E-state index contributed by atoms with van der Waals surface area (Å²) in [6.45, 7) is 3.94. The highest BCUT2D eigenvalue weighted by molar-refractivity contribution is 5.82. The van der Waals surface area contributed by atoms with E-state index in [0.29, 0.717) is 13.1 Å². The average Bonchev–Trinajstić information content (AvgIpc) is 2.74.